The number of hydrogen-bond acceptors (Lipinski definition) is 4. The van der Waals surface area contributed by atoms with Crippen LogP contribution in [0.1, 0.15) is 44.9 Å². The predicted octanol–water partition coefficient (Wildman–Crippen LogP) is 1.04. The molecular weight excluding hydrogens is 276 g/mol. The lowest BCUT2D eigenvalue weighted by atomic mass is 9.71. The van der Waals surface area contributed by atoms with Crippen molar-refractivity contribution in [1.29, 1.82) is 0 Å². The molecule has 0 unspecified atom stereocenters. The zero-order chi connectivity index (χ0) is 15.8. The highest BCUT2D eigenvalue weighted by Crippen LogP contribution is 2.38. The van der Waals surface area contributed by atoms with Crippen LogP contribution in [0.3, 0.4) is 0 Å². The molecule has 2 fully saturated rings. The fraction of sp³-hybridized carbons (Fsp3) is 0.941. The number of likely N-dealkylation sites (N-methyl/N-ethyl adjacent to an activating group) is 1. The van der Waals surface area contributed by atoms with Gasteiger partial charge in [-0.3, -0.25) is 4.79 Å². The van der Waals surface area contributed by atoms with E-state index in [0.717, 1.165) is 58.5 Å². The fourth-order valence-electron chi connectivity index (χ4n) is 3.76. The van der Waals surface area contributed by atoms with Crippen molar-refractivity contribution in [3.8, 4) is 0 Å². The summed E-state index contributed by atoms with van der Waals surface area (Å²) in [6, 6.07) is 0. The lowest BCUT2D eigenvalue weighted by molar-refractivity contribution is -0.123. The Balaban J connectivity index is 1.59. The smallest absolute Gasteiger partial charge is 0.220 e. The van der Waals surface area contributed by atoms with Crippen LogP contribution < -0.4 is 11.1 Å². The molecule has 1 aliphatic heterocycles. The maximum Gasteiger partial charge on any atom is 0.220 e. The lowest BCUT2D eigenvalue weighted by Crippen LogP contribution is -2.45. The van der Waals surface area contributed by atoms with E-state index in [4.69, 9.17) is 5.73 Å². The average molecular weight is 310 g/mol. The monoisotopic (exact) mass is 310 g/mol. The van der Waals surface area contributed by atoms with Crippen LogP contribution in [0.25, 0.3) is 0 Å². The largest absolute Gasteiger partial charge is 0.356 e. The van der Waals surface area contributed by atoms with Crippen LogP contribution >= 0.6 is 0 Å². The molecule has 2 aliphatic rings. The van der Waals surface area contributed by atoms with E-state index in [1.54, 1.807) is 0 Å². The summed E-state index contributed by atoms with van der Waals surface area (Å²) < 4.78 is 0. The minimum atomic E-state index is 0.0831. The summed E-state index contributed by atoms with van der Waals surface area (Å²) in [5, 5.41) is 3.11. The molecule has 128 valence electrons. The zero-order valence-electron chi connectivity index (χ0n) is 14.3. The molecule has 1 heterocycles. The number of hydrogen-bond donors (Lipinski definition) is 2. The van der Waals surface area contributed by atoms with Gasteiger partial charge in [0, 0.05) is 39.1 Å². The molecule has 0 bridgehead atoms. The Morgan fingerprint density at radius 1 is 1.14 bits per heavy atom. The first-order valence-corrected chi connectivity index (χ1v) is 9.01. The van der Waals surface area contributed by atoms with Crippen molar-refractivity contribution >= 4 is 5.91 Å². The van der Waals surface area contributed by atoms with E-state index in [-0.39, 0.29) is 11.3 Å². The number of rotatable bonds is 7. The van der Waals surface area contributed by atoms with Crippen molar-refractivity contribution in [2.45, 2.75) is 44.9 Å². The van der Waals surface area contributed by atoms with Crippen molar-refractivity contribution < 1.29 is 4.79 Å². The lowest BCUT2D eigenvalue weighted by Gasteiger charge is -2.35. The minimum Gasteiger partial charge on any atom is -0.356 e. The SMILES string of the molecule is CN1CCN(CCCNC(=O)CC2(CN)CCCCC2)CC1. The molecule has 0 atom stereocenters. The maximum atomic E-state index is 12.2. The molecule has 3 N–H and O–H groups in total. The summed E-state index contributed by atoms with van der Waals surface area (Å²) in [7, 11) is 2.18. The highest BCUT2D eigenvalue weighted by atomic mass is 16.1. The molecule has 1 aliphatic carbocycles. The third kappa shape index (κ3) is 5.52. The van der Waals surface area contributed by atoms with E-state index in [2.05, 4.69) is 22.2 Å². The Morgan fingerprint density at radius 2 is 1.82 bits per heavy atom. The average Bonchev–Trinajstić information content (AvgIpc) is 2.54. The Bertz CT molecular complexity index is 334. The van der Waals surface area contributed by atoms with Crippen molar-refractivity contribution in [3.63, 3.8) is 0 Å². The minimum absolute atomic E-state index is 0.0831. The van der Waals surface area contributed by atoms with Crippen LogP contribution in [0, 0.1) is 5.41 Å². The Labute approximate surface area is 135 Å². The van der Waals surface area contributed by atoms with Gasteiger partial charge in [-0.15, -0.1) is 0 Å². The van der Waals surface area contributed by atoms with Crippen molar-refractivity contribution in [1.82, 2.24) is 15.1 Å². The summed E-state index contributed by atoms with van der Waals surface area (Å²) in [4.78, 5) is 17.0. The number of carbonyl (C=O) groups excluding carboxylic acids is 1. The van der Waals surface area contributed by atoms with E-state index in [1.807, 2.05) is 0 Å². The van der Waals surface area contributed by atoms with E-state index in [1.165, 1.54) is 19.3 Å². The van der Waals surface area contributed by atoms with Crippen LogP contribution in [0.2, 0.25) is 0 Å². The molecule has 5 heteroatoms. The van der Waals surface area contributed by atoms with Gasteiger partial charge in [-0.1, -0.05) is 19.3 Å². The van der Waals surface area contributed by atoms with Crippen LogP contribution in [0.15, 0.2) is 0 Å². The van der Waals surface area contributed by atoms with Gasteiger partial charge in [0.25, 0.3) is 0 Å². The molecule has 1 saturated carbocycles. The van der Waals surface area contributed by atoms with Gasteiger partial charge in [0.15, 0.2) is 0 Å². The van der Waals surface area contributed by atoms with Crippen LogP contribution in [0.5, 0.6) is 0 Å². The van der Waals surface area contributed by atoms with Crippen molar-refractivity contribution in [2.75, 3.05) is 52.9 Å². The molecule has 0 spiro atoms. The first-order valence-electron chi connectivity index (χ1n) is 9.01. The number of piperazine rings is 1. The molecule has 1 amide bonds. The van der Waals surface area contributed by atoms with Gasteiger partial charge < -0.3 is 20.9 Å². The van der Waals surface area contributed by atoms with Gasteiger partial charge in [0.1, 0.15) is 0 Å². The molecule has 1 saturated heterocycles. The van der Waals surface area contributed by atoms with E-state index in [0.29, 0.717) is 13.0 Å². The first kappa shape index (κ1) is 17.7. The quantitative estimate of drug-likeness (QED) is 0.690. The third-order valence-corrected chi connectivity index (χ3v) is 5.45. The first-order chi connectivity index (χ1) is 10.6. The Morgan fingerprint density at radius 3 is 2.45 bits per heavy atom. The highest BCUT2D eigenvalue weighted by Gasteiger charge is 2.32. The van der Waals surface area contributed by atoms with Gasteiger partial charge in [0.05, 0.1) is 0 Å². The van der Waals surface area contributed by atoms with Crippen molar-refractivity contribution in [3.05, 3.63) is 0 Å². The zero-order valence-corrected chi connectivity index (χ0v) is 14.3. The standard InChI is InChI=1S/C17H34N4O/c1-20-10-12-21(13-11-20)9-5-8-19-16(22)14-17(15-18)6-3-2-4-7-17/h2-15,18H2,1H3,(H,19,22). The summed E-state index contributed by atoms with van der Waals surface area (Å²) in [5.74, 6) is 0.200. The molecule has 22 heavy (non-hydrogen) atoms. The third-order valence-electron chi connectivity index (χ3n) is 5.45. The number of amides is 1. The number of nitrogens with zero attached hydrogens (tertiary/aromatic N) is 2. The van der Waals surface area contributed by atoms with Gasteiger partial charge in [-0.05, 0) is 44.8 Å². The molecule has 0 aromatic carbocycles. The number of nitrogens with two attached hydrogens (primary N) is 1. The van der Waals surface area contributed by atoms with Gasteiger partial charge >= 0.3 is 0 Å². The number of carbonyl (C=O) groups is 1. The van der Waals surface area contributed by atoms with Gasteiger partial charge in [0.2, 0.25) is 5.91 Å². The van der Waals surface area contributed by atoms with E-state index < -0.39 is 0 Å². The van der Waals surface area contributed by atoms with E-state index in [9.17, 15) is 4.79 Å². The maximum absolute atomic E-state index is 12.2. The van der Waals surface area contributed by atoms with Crippen LogP contribution in [-0.2, 0) is 4.79 Å². The normalized spacial score (nSPS) is 23.4. The molecule has 5 nitrogen and oxygen atoms in total. The fourth-order valence-corrected chi connectivity index (χ4v) is 3.76. The number of nitrogens with one attached hydrogen (secondary N) is 1. The molecule has 0 aromatic rings. The van der Waals surface area contributed by atoms with Crippen molar-refractivity contribution in [2.24, 2.45) is 11.1 Å². The summed E-state index contributed by atoms with van der Waals surface area (Å²) in [6.45, 7) is 7.17. The summed E-state index contributed by atoms with van der Waals surface area (Å²) in [5.41, 5.74) is 6.04. The second-order valence-electron chi connectivity index (χ2n) is 7.29. The Hall–Kier alpha value is -0.650. The van der Waals surface area contributed by atoms with Gasteiger partial charge in [-0.25, -0.2) is 0 Å². The Kier molecular flexibility index (Phi) is 7.12. The predicted molar refractivity (Wildman–Crippen MR) is 90.8 cm³/mol. The molecule has 0 aromatic heterocycles. The topological polar surface area (TPSA) is 61.6 Å². The molecular formula is C17H34N4O. The second kappa shape index (κ2) is 8.85. The highest BCUT2D eigenvalue weighted by molar-refractivity contribution is 5.76. The van der Waals surface area contributed by atoms with Crippen LogP contribution in [0.4, 0.5) is 0 Å². The summed E-state index contributed by atoms with van der Waals surface area (Å²) in [6.07, 6.45) is 7.68. The molecule has 0 radical (unpaired) electrons. The van der Waals surface area contributed by atoms with Crippen LogP contribution in [-0.4, -0.2) is 68.6 Å². The second-order valence-corrected chi connectivity index (χ2v) is 7.29. The molecule has 2 rings (SSSR count). The summed E-state index contributed by atoms with van der Waals surface area (Å²) >= 11 is 0. The van der Waals surface area contributed by atoms with Gasteiger partial charge in [-0.2, -0.15) is 0 Å². The van der Waals surface area contributed by atoms with E-state index >= 15 is 0 Å².